The van der Waals surface area contributed by atoms with Crippen molar-refractivity contribution in [1.82, 2.24) is 5.32 Å². The number of nitrogens with one attached hydrogen (secondary N) is 1. The summed E-state index contributed by atoms with van der Waals surface area (Å²) in [5, 5.41) is 13.7. The largest absolute Gasteiger partial charge is 0.508 e. The van der Waals surface area contributed by atoms with Crippen LogP contribution in [0.5, 0.6) is 5.75 Å². The normalized spacial score (nSPS) is 22.5. The molecule has 4 heteroatoms. The number of phenols is 1. The van der Waals surface area contributed by atoms with Crippen molar-refractivity contribution in [1.29, 1.82) is 0 Å². The molecule has 20 heavy (non-hydrogen) atoms. The molecule has 1 aliphatic rings. The minimum absolute atomic E-state index is 0.0858. The number of aromatic hydroxyl groups is 1. The molecule has 1 fully saturated rings. The second kappa shape index (κ2) is 7.11. The third-order valence-electron chi connectivity index (χ3n) is 4.34. The molecule has 2 atom stereocenters. The molecule has 0 bridgehead atoms. The average molecular weight is 340 g/mol. The second-order valence-corrected chi connectivity index (χ2v) is 6.27. The number of hydrogen-bond acceptors (Lipinski definition) is 2. The predicted molar refractivity (Wildman–Crippen MR) is 84.4 cm³/mol. The third-order valence-corrected chi connectivity index (χ3v) is 5.17. The van der Waals surface area contributed by atoms with Crippen LogP contribution < -0.4 is 5.32 Å². The van der Waals surface area contributed by atoms with E-state index < -0.39 is 0 Å². The van der Waals surface area contributed by atoms with E-state index in [-0.39, 0.29) is 11.7 Å². The molecule has 1 aromatic rings. The van der Waals surface area contributed by atoms with Crippen LogP contribution in [0, 0.1) is 18.8 Å². The second-order valence-electron chi connectivity index (χ2n) is 5.62. The van der Waals surface area contributed by atoms with E-state index in [1.807, 2.05) is 0 Å². The van der Waals surface area contributed by atoms with Gasteiger partial charge in [0.15, 0.2) is 0 Å². The predicted octanol–water partition coefficient (Wildman–Crippen LogP) is 3.63. The molecule has 1 amide bonds. The molecule has 110 valence electrons. The number of alkyl halides is 1. The smallest absolute Gasteiger partial charge is 0.251 e. The van der Waals surface area contributed by atoms with Crippen LogP contribution in [0.25, 0.3) is 0 Å². The molecule has 2 N–H and O–H groups in total. The van der Waals surface area contributed by atoms with E-state index >= 15 is 0 Å². The summed E-state index contributed by atoms with van der Waals surface area (Å²) in [6.45, 7) is 2.50. The van der Waals surface area contributed by atoms with Gasteiger partial charge in [0.2, 0.25) is 0 Å². The maximum atomic E-state index is 12.2. The highest BCUT2D eigenvalue weighted by Gasteiger charge is 2.24. The summed E-state index contributed by atoms with van der Waals surface area (Å²) in [4.78, 5) is 12.2. The molecule has 0 heterocycles. The van der Waals surface area contributed by atoms with Gasteiger partial charge in [-0.2, -0.15) is 0 Å². The van der Waals surface area contributed by atoms with Gasteiger partial charge in [0, 0.05) is 23.0 Å². The van der Waals surface area contributed by atoms with Crippen LogP contribution in [0.2, 0.25) is 0 Å². The lowest BCUT2D eigenvalue weighted by atomic mass is 9.80. The topological polar surface area (TPSA) is 49.3 Å². The summed E-state index contributed by atoms with van der Waals surface area (Å²) in [5.41, 5.74) is 1.21. The molecular formula is C16H22BrNO2. The van der Waals surface area contributed by atoms with Crippen molar-refractivity contribution in [3.8, 4) is 5.75 Å². The third kappa shape index (κ3) is 3.54. The first-order chi connectivity index (χ1) is 9.63. The van der Waals surface area contributed by atoms with Gasteiger partial charge in [-0.15, -0.1) is 0 Å². The molecule has 1 aromatic carbocycles. The maximum Gasteiger partial charge on any atom is 0.251 e. The van der Waals surface area contributed by atoms with Crippen molar-refractivity contribution >= 4 is 21.8 Å². The van der Waals surface area contributed by atoms with Crippen molar-refractivity contribution in [2.45, 2.75) is 32.6 Å². The lowest BCUT2D eigenvalue weighted by molar-refractivity contribution is 0.0936. The van der Waals surface area contributed by atoms with Crippen LogP contribution in [-0.2, 0) is 0 Å². The molecule has 0 aliphatic heterocycles. The standard InChI is InChI=1S/C16H22BrNO2/c1-11-14(7-4-8-15(11)19)16(20)18-10-13-6-3-2-5-12(13)9-17/h4,7-8,12-13,19H,2-3,5-6,9-10H2,1H3,(H,18,20). The van der Waals surface area contributed by atoms with Crippen LogP contribution in [0.15, 0.2) is 18.2 Å². The van der Waals surface area contributed by atoms with Crippen molar-refractivity contribution < 1.29 is 9.90 Å². The SMILES string of the molecule is Cc1c(O)cccc1C(=O)NCC1CCCCC1CBr. The number of benzene rings is 1. The number of carbonyl (C=O) groups excluding carboxylic acids is 1. The Labute approximate surface area is 128 Å². The van der Waals surface area contributed by atoms with Crippen LogP contribution in [0.1, 0.15) is 41.6 Å². The van der Waals surface area contributed by atoms with Crippen LogP contribution in [0.4, 0.5) is 0 Å². The summed E-state index contributed by atoms with van der Waals surface area (Å²) in [5.74, 6) is 1.31. The van der Waals surface area contributed by atoms with E-state index in [0.29, 0.717) is 23.0 Å². The fraction of sp³-hybridized carbons (Fsp3) is 0.562. The fourth-order valence-electron chi connectivity index (χ4n) is 2.94. The molecule has 0 radical (unpaired) electrons. The number of carbonyl (C=O) groups is 1. The van der Waals surface area contributed by atoms with E-state index in [1.165, 1.54) is 25.7 Å². The quantitative estimate of drug-likeness (QED) is 0.823. The molecular weight excluding hydrogens is 318 g/mol. The van der Waals surface area contributed by atoms with E-state index in [0.717, 1.165) is 11.9 Å². The van der Waals surface area contributed by atoms with E-state index in [1.54, 1.807) is 25.1 Å². The van der Waals surface area contributed by atoms with E-state index in [2.05, 4.69) is 21.2 Å². The van der Waals surface area contributed by atoms with Crippen LogP contribution in [-0.4, -0.2) is 22.9 Å². The number of hydrogen-bond donors (Lipinski definition) is 2. The molecule has 0 spiro atoms. The molecule has 3 nitrogen and oxygen atoms in total. The Morgan fingerprint density at radius 2 is 2.05 bits per heavy atom. The van der Waals surface area contributed by atoms with E-state index in [4.69, 9.17) is 0 Å². The molecule has 1 saturated carbocycles. The zero-order valence-corrected chi connectivity index (χ0v) is 13.4. The monoisotopic (exact) mass is 339 g/mol. The number of rotatable bonds is 4. The lowest BCUT2D eigenvalue weighted by Crippen LogP contribution is -2.35. The van der Waals surface area contributed by atoms with Crippen LogP contribution in [0.3, 0.4) is 0 Å². The Balaban J connectivity index is 1.96. The Kier molecular flexibility index (Phi) is 5.46. The Morgan fingerprint density at radius 1 is 1.35 bits per heavy atom. The highest BCUT2D eigenvalue weighted by molar-refractivity contribution is 9.09. The molecule has 1 aliphatic carbocycles. The van der Waals surface area contributed by atoms with Crippen molar-refractivity contribution in [2.75, 3.05) is 11.9 Å². The van der Waals surface area contributed by atoms with Crippen molar-refractivity contribution in [3.05, 3.63) is 29.3 Å². The molecule has 2 rings (SSSR count). The molecule has 0 aromatic heterocycles. The zero-order chi connectivity index (χ0) is 14.5. The van der Waals surface area contributed by atoms with Gasteiger partial charge < -0.3 is 10.4 Å². The fourth-order valence-corrected chi connectivity index (χ4v) is 3.80. The minimum atomic E-state index is -0.0858. The van der Waals surface area contributed by atoms with Gasteiger partial charge in [0.05, 0.1) is 0 Å². The van der Waals surface area contributed by atoms with Gasteiger partial charge in [-0.1, -0.05) is 34.8 Å². The summed E-state index contributed by atoms with van der Waals surface area (Å²) >= 11 is 3.58. The molecule has 2 unspecified atom stereocenters. The highest BCUT2D eigenvalue weighted by atomic mass is 79.9. The minimum Gasteiger partial charge on any atom is -0.508 e. The first-order valence-corrected chi connectivity index (χ1v) is 8.38. The first kappa shape index (κ1) is 15.4. The van der Waals surface area contributed by atoms with Gasteiger partial charge in [0.25, 0.3) is 5.91 Å². The lowest BCUT2D eigenvalue weighted by Gasteiger charge is -2.30. The van der Waals surface area contributed by atoms with Gasteiger partial charge in [-0.25, -0.2) is 0 Å². The number of halogens is 1. The number of phenolic OH excluding ortho intramolecular Hbond substituents is 1. The summed E-state index contributed by atoms with van der Waals surface area (Å²) in [7, 11) is 0. The molecule has 0 saturated heterocycles. The summed E-state index contributed by atoms with van der Waals surface area (Å²) in [6, 6.07) is 5.07. The van der Waals surface area contributed by atoms with E-state index in [9.17, 15) is 9.90 Å². The zero-order valence-electron chi connectivity index (χ0n) is 11.9. The summed E-state index contributed by atoms with van der Waals surface area (Å²) < 4.78 is 0. The average Bonchev–Trinajstić information content (AvgIpc) is 2.48. The Bertz CT molecular complexity index is 476. The Morgan fingerprint density at radius 3 is 2.75 bits per heavy atom. The Hall–Kier alpha value is -1.03. The first-order valence-electron chi connectivity index (χ1n) is 7.26. The maximum absolute atomic E-state index is 12.2. The van der Waals surface area contributed by atoms with Crippen LogP contribution >= 0.6 is 15.9 Å². The van der Waals surface area contributed by atoms with Gasteiger partial charge in [0.1, 0.15) is 5.75 Å². The van der Waals surface area contributed by atoms with Crippen molar-refractivity contribution in [2.24, 2.45) is 11.8 Å². The van der Waals surface area contributed by atoms with Gasteiger partial charge in [-0.3, -0.25) is 4.79 Å². The highest BCUT2D eigenvalue weighted by Crippen LogP contribution is 2.31. The van der Waals surface area contributed by atoms with Gasteiger partial charge >= 0.3 is 0 Å². The summed E-state index contributed by atoms with van der Waals surface area (Å²) in [6.07, 6.45) is 4.99. The number of amides is 1. The van der Waals surface area contributed by atoms with Crippen molar-refractivity contribution in [3.63, 3.8) is 0 Å². The van der Waals surface area contributed by atoms with Gasteiger partial charge in [-0.05, 0) is 43.7 Å².